The van der Waals surface area contributed by atoms with Crippen LogP contribution in [0.15, 0.2) is 12.1 Å². The summed E-state index contributed by atoms with van der Waals surface area (Å²) in [6, 6.07) is 4.06. The highest BCUT2D eigenvalue weighted by Crippen LogP contribution is 2.46. The summed E-state index contributed by atoms with van der Waals surface area (Å²) in [5.41, 5.74) is 2.27. The van der Waals surface area contributed by atoms with E-state index < -0.39 is 16.4 Å². The zero-order valence-electron chi connectivity index (χ0n) is 13.0. The van der Waals surface area contributed by atoms with Crippen LogP contribution in [0, 0.1) is 13.8 Å². The Morgan fingerprint density at radius 3 is 2.38 bits per heavy atom. The van der Waals surface area contributed by atoms with E-state index in [2.05, 4.69) is 6.07 Å². The lowest BCUT2D eigenvalue weighted by Crippen LogP contribution is -2.47. The lowest BCUT2D eigenvalue weighted by atomic mass is 9.78. The molecule has 2 heterocycles. The molecule has 21 heavy (non-hydrogen) atoms. The van der Waals surface area contributed by atoms with Gasteiger partial charge in [0.2, 0.25) is 0 Å². The maximum atomic E-state index is 12.4. The van der Waals surface area contributed by atoms with Crippen molar-refractivity contribution >= 4 is 10.8 Å². The third-order valence-electron chi connectivity index (χ3n) is 5.08. The van der Waals surface area contributed by atoms with E-state index in [0.29, 0.717) is 12.8 Å². The van der Waals surface area contributed by atoms with Crippen LogP contribution in [0.1, 0.15) is 48.8 Å². The molecule has 0 spiro atoms. The highest BCUT2D eigenvalue weighted by Gasteiger charge is 2.46. The van der Waals surface area contributed by atoms with Gasteiger partial charge in [0.05, 0.1) is 12.7 Å². The number of fused-ring (bicyclic) bond motifs is 2. The van der Waals surface area contributed by atoms with Crippen molar-refractivity contribution < 1.29 is 14.1 Å². The summed E-state index contributed by atoms with van der Waals surface area (Å²) in [5.74, 6) is 0.861. The van der Waals surface area contributed by atoms with Gasteiger partial charge in [-0.05, 0) is 68.4 Å². The first-order valence-corrected chi connectivity index (χ1v) is 8.99. The Balaban J connectivity index is 2.00. The number of aryl methyl sites for hydroxylation is 2. The first-order valence-electron chi connectivity index (χ1n) is 7.72. The van der Waals surface area contributed by atoms with Crippen LogP contribution in [0.4, 0.5) is 0 Å². The molecule has 3 nitrogen and oxygen atoms in total. The monoisotopic (exact) mass is 308 g/mol. The van der Waals surface area contributed by atoms with Crippen LogP contribution in [0.3, 0.4) is 0 Å². The van der Waals surface area contributed by atoms with Crippen molar-refractivity contribution in [3.05, 3.63) is 28.8 Å². The molecule has 2 aliphatic rings. The Morgan fingerprint density at radius 2 is 1.81 bits per heavy atom. The van der Waals surface area contributed by atoms with E-state index >= 15 is 0 Å². The highest BCUT2D eigenvalue weighted by atomic mass is 32.2. The number of hydrogen-bond donors (Lipinski definition) is 1. The topological polar surface area (TPSA) is 46.5 Å². The molecule has 0 aliphatic carbocycles. The second kappa shape index (κ2) is 5.40. The molecule has 1 N–H and O–H groups in total. The Kier molecular flexibility index (Phi) is 3.87. The zero-order valence-corrected chi connectivity index (χ0v) is 13.8. The average molecular weight is 308 g/mol. The molecule has 1 aromatic carbocycles. The van der Waals surface area contributed by atoms with Gasteiger partial charge in [0.15, 0.2) is 0 Å². The molecule has 0 aromatic heterocycles. The number of methoxy groups -OCH3 is 1. The fraction of sp³-hybridized carbons (Fsp3) is 0.647. The molecular formula is C17H24O3S. The van der Waals surface area contributed by atoms with Crippen LogP contribution in [0.2, 0.25) is 0 Å². The number of hydrogen-bond acceptors (Lipinski definition) is 3. The number of benzene rings is 1. The van der Waals surface area contributed by atoms with Gasteiger partial charge in [-0.1, -0.05) is 6.42 Å². The molecule has 4 heteroatoms. The number of ether oxygens (including phenoxy) is 1. The Hall–Kier alpha value is -0.870. The van der Waals surface area contributed by atoms with Crippen molar-refractivity contribution in [2.45, 2.75) is 62.1 Å². The standard InChI is InChI=1S/C17H24O3S/c1-11-8-16(20-3)12(2)7-15(11)17(18)9-13-5-4-6-14(10-17)21(13)19/h7-8,13-14,18H,4-6,9-10H2,1-3H3. The van der Waals surface area contributed by atoms with Gasteiger partial charge in [0, 0.05) is 21.3 Å². The predicted molar refractivity (Wildman–Crippen MR) is 85.2 cm³/mol. The summed E-state index contributed by atoms with van der Waals surface area (Å²) < 4.78 is 17.7. The Bertz CT molecular complexity index is 566. The second-order valence-corrected chi connectivity index (χ2v) is 8.57. The van der Waals surface area contributed by atoms with Crippen molar-refractivity contribution in [3.8, 4) is 5.75 Å². The summed E-state index contributed by atoms with van der Waals surface area (Å²) in [7, 11) is 0.912. The molecule has 2 aliphatic heterocycles. The van der Waals surface area contributed by atoms with E-state index in [1.165, 1.54) is 0 Å². The summed E-state index contributed by atoms with van der Waals surface area (Å²) >= 11 is 0. The summed E-state index contributed by atoms with van der Waals surface area (Å²) in [4.78, 5) is 0. The molecule has 2 atom stereocenters. The quantitative estimate of drug-likeness (QED) is 0.913. The van der Waals surface area contributed by atoms with Gasteiger partial charge in [0.25, 0.3) is 0 Å². The van der Waals surface area contributed by atoms with Crippen LogP contribution in [0.25, 0.3) is 0 Å². The van der Waals surface area contributed by atoms with Crippen molar-refractivity contribution in [3.63, 3.8) is 0 Å². The first kappa shape index (κ1) is 15.0. The van der Waals surface area contributed by atoms with E-state index in [0.717, 1.165) is 41.7 Å². The van der Waals surface area contributed by atoms with Crippen LogP contribution in [-0.4, -0.2) is 26.9 Å². The van der Waals surface area contributed by atoms with Gasteiger partial charge in [-0.15, -0.1) is 0 Å². The summed E-state index contributed by atoms with van der Waals surface area (Å²) in [6.45, 7) is 4.03. The molecule has 0 radical (unpaired) electrons. The minimum absolute atomic E-state index is 0.157. The Morgan fingerprint density at radius 1 is 1.19 bits per heavy atom. The Labute approximate surface area is 129 Å². The van der Waals surface area contributed by atoms with E-state index in [9.17, 15) is 9.32 Å². The molecule has 2 fully saturated rings. The van der Waals surface area contributed by atoms with Crippen molar-refractivity contribution in [2.24, 2.45) is 0 Å². The number of rotatable bonds is 2. The second-order valence-electron chi connectivity index (χ2n) is 6.58. The predicted octanol–water partition coefficient (Wildman–Crippen LogP) is 2.96. The molecule has 0 saturated carbocycles. The lowest BCUT2D eigenvalue weighted by molar-refractivity contribution is 0.00590. The first-order chi connectivity index (χ1) is 9.94. The minimum atomic E-state index is -0.829. The molecule has 2 saturated heterocycles. The summed E-state index contributed by atoms with van der Waals surface area (Å²) in [5, 5.41) is 11.6. The number of aliphatic hydroxyl groups is 1. The maximum Gasteiger partial charge on any atom is 0.122 e. The van der Waals surface area contributed by atoms with Crippen LogP contribution in [0.5, 0.6) is 5.75 Å². The van der Waals surface area contributed by atoms with Gasteiger partial charge in [-0.2, -0.15) is 0 Å². The molecule has 2 bridgehead atoms. The molecular weight excluding hydrogens is 284 g/mol. The summed E-state index contributed by atoms with van der Waals surface area (Å²) in [6.07, 6.45) is 4.38. The largest absolute Gasteiger partial charge is 0.496 e. The van der Waals surface area contributed by atoms with Crippen molar-refractivity contribution in [2.75, 3.05) is 7.11 Å². The molecule has 116 valence electrons. The third kappa shape index (κ3) is 2.53. The SMILES string of the molecule is COc1cc(C)c(C2(O)CC3CCCC(C2)S3=O)cc1C. The average Bonchev–Trinajstić information content (AvgIpc) is 2.43. The molecule has 3 rings (SSSR count). The van der Waals surface area contributed by atoms with Crippen molar-refractivity contribution in [1.29, 1.82) is 0 Å². The highest BCUT2D eigenvalue weighted by molar-refractivity contribution is 7.86. The van der Waals surface area contributed by atoms with Crippen LogP contribution < -0.4 is 4.74 Å². The van der Waals surface area contributed by atoms with Gasteiger partial charge in [0.1, 0.15) is 5.75 Å². The van der Waals surface area contributed by atoms with Crippen LogP contribution >= 0.6 is 0 Å². The molecule has 1 aromatic rings. The van der Waals surface area contributed by atoms with Gasteiger partial charge < -0.3 is 9.84 Å². The maximum absolute atomic E-state index is 12.4. The zero-order chi connectivity index (χ0) is 15.2. The van der Waals surface area contributed by atoms with Gasteiger partial charge in [-0.3, -0.25) is 4.21 Å². The van der Waals surface area contributed by atoms with E-state index in [-0.39, 0.29) is 10.5 Å². The van der Waals surface area contributed by atoms with Gasteiger partial charge in [-0.25, -0.2) is 0 Å². The fourth-order valence-electron chi connectivity index (χ4n) is 4.01. The lowest BCUT2D eigenvalue weighted by Gasteiger charge is -2.44. The smallest absolute Gasteiger partial charge is 0.122 e. The fourth-order valence-corrected chi connectivity index (χ4v) is 6.24. The van der Waals surface area contributed by atoms with Crippen LogP contribution in [-0.2, 0) is 16.4 Å². The molecule has 2 unspecified atom stereocenters. The molecule has 0 amide bonds. The van der Waals surface area contributed by atoms with E-state index in [1.54, 1.807) is 7.11 Å². The third-order valence-corrected chi connectivity index (χ3v) is 7.20. The van der Waals surface area contributed by atoms with E-state index in [4.69, 9.17) is 4.74 Å². The van der Waals surface area contributed by atoms with E-state index in [1.807, 2.05) is 19.9 Å². The minimum Gasteiger partial charge on any atom is -0.496 e. The van der Waals surface area contributed by atoms with Gasteiger partial charge >= 0.3 is 0 Å². The van der Waals surface area contributed by atoms with Crippen molar-refractivity contribution in [1.82, 2.24) is 0 Å². The normalized spacial score (nSPS) is 35.5.